The van der Waals surface area contributed by atoms with E-state index in [1.807, 2.05) is 19.1 Å². The van der Waals surface area contributed by atoms with Crippen LogP contribution in [0, 0.1) is 4.77 Å². The number of benzene rings is 1. The fraction of sp³-hybridized carbons (Fsp3) is 0.267. The third kappa shape index (κ3) is 2.51. The lowest BCUT2D eigenvalue weighted by Crippen LogP contribution is -2.00. The summed E-state index contributed by atoms with van der Waals surface area (Å²) in [6.07, 6.45) is 0.998. The molecule has 0 unspecified atom stereocenters. The number of aryl methyl sites for hydroxylation is 2. The molecule has 0 radical (unpaired) electrons. The van der Waals surface area contributed by atoms with Crippen LogP contribution in [0.2, 0.25) is 0 Å². The van der Waals surface area contributed by atoms with Gasteiger partial charge in [0, 0.05) is 11.4 Å². The molecular formula is C15H16N2OS2. The van der Waals surface area contributed by atoms with Crippen molar-refractivity contribution >= 4 is 34.6 Å². The summed E-state index contributed by atoms with van der Waals surface area (Å²) >= 11 is 7.23. The number of aromatic amines is 1. The Labute approximate surface area is 126 Å². The van der Waals surface area contributed by atoms with Crippen molar-refractivity contribution in [1.82, 2.24) is 9.55 Å². The Morgan fingerprint density at radius 2 is 2.20 bits per heavy atom. The van der Waals surface area contributed by atoms with Gasteiger partial charge in [-0.2, -0.15) is 0 Å². The SMILES string of the molecule is CCOc1cccc2c1[nH]c(=S)n2CCc1cccs1. The molecule has 0 saturated heterocycles. The van der Waals surface area contributed by atoms with Gasteiger partial charge in [0.15, 0.2) is 4.77 Å². The number of hydrogen-bond acceptors (Lipinski definition) is 3. The number of nitrogens with zero attached hydrogens (tertiary/aromatic N) is 1. The Bertz CT molecular complexity index is 756. The number of nitrogens with one attached hydrogen (secondary N) is 1. The van der Waals surface area contributed by atoms with Crippen LogP contribution in [-0.4, -0.2) is 16.2 Å². The molecule has 0 bridgehead atoms. The van der Waals surface area contributed by atoms with Crippen molar-refractivity contribution in [2.45, 2.75) is 19.9 Å². The van der Waals surface area contributed by atoms with Gasteiger partial charge in [-0.3, -0.25) is 0 Å². The molecule has 2 aromatic heterocycles. The molecule has 20 heavy (non-hydrogen) atoms. The van der Waals surface area contributed by atoms with Crippen molar-refractivity contribution < 1.29 is 4.74 Å². The molecule has 0 aliphatic carbocycles. The van der Waals surface area contributed by atoms with Crippen molar-refractivity contribution in [3.05, 3.63) is 45.4 Å². The number of fused-ring (bicyclic) bond motifs is 1. The molecule has 3 aromatic rings. The molecule has 104 valence electrons. The third-order valence-corrected chi connectivity index (χ3v) is 4.49. The number of ether oxygens (including phenoxy) is 1. The van der Waals surface area contributed by atoms with Gasteiger partial charge in [-0.15, -0.1) is 11.3 Å². The van der Waals surface area contributed by atoms with E-state index < -0.39 is 0 Å². The summed E-state index contributed by atoms with van der Waals surface area (Å²) in [4.78, 5) is 4.64. The predicted octanol–water partition coefficient (Wildman–Crippen LogP) is 4.40. The monoisotopic (exact) mass is 304 g/mol. The largest absolute Gasteiger partial charge is 0.492 e. The number of rotatable bonds is 5. The zero-order valence-electron chi connectivity index (χ0n) is 11.3. The molecule has 0 aliphatic rings. The Hall–Kier alpha value is -1.59. The lowest BCUT2D eigenvalue weighted by molar-refractivity contribution is 0.343. The van der Waals surface area contributed by atoms with E-state index >= 15 is 0 Å². The Kier molecular flexibility index (Phi) is 3.89. The molecule has 1 N–H and O–H groups in total. The molecular weight excluding hydrogens is 288 g/mol. The molecule has 0 fully saturated rings. The number of hydrogen-bond donors (Lipinski definition) is 1. The van der Waals surface area contributed by atoms with E-state index in [4.69, 9.17) is 17.0 Å². The van der Waals surface area contributed by atoms with Crippen LogP contribution in [0.15, 0.2) is 35.7 Å². The van der Waals surface area contributed by atoms with Gasteiger partial charge in [0.1, 0.15) is 11.3 Å². The molecule has 0 amide bonds. The van der Waals surface area contributed by atoms with Crippen LogP contribution in [0.1, 0.15) is 11.8 Å². The summed E-state index contributed by atoms with van der Waals surface area (Å²) in [5, 5.41) is 2.11. The maximum atomic E-state index is 5.65. The average molecular weight is 304 g/mol. The minimum Gasteiger partial charge on any atom is -0.492 e. The third-order valence-electron chi connectivity index (χ3n) is 3.23. The molecule has 3 rings (SSSR count). The molecule has 5 heteroatoms. The number of imidazole rings is 1. The average Bonchev–Trinajstić information content (AvgIpc) is 3.05. The summed E-state index contributed by atoms with van der Waals surface area (Å²) in [6.45, 7) is 3.52. The second-order valence-electron chi connectivity index (χ2n) is 4.49. The van der Waals surface area contributed by atoms with Crippen LogP contribution in [0.5, 0.6) is 5.75 Å². The maximum Gasteiger partial charge on any atom is 0.178 e. The highest BCUT2D eigenvalue weighted by Crippen LogP contribution is 2.25. The van der Waals surface area contributed by atoms with E-state index in [0.29, 0.717) is 6.61 Å². The van der Waals surface area contributed by atoms with E-state index in [1.165, 1.54) is 4.88 Å². The zero-order chi connectivity index (χ0) is 13.9. The fourth-order valence-corrected chi connectivity index (χ4v) is 3.32. The van der Waals surface area contributed by atoms with Crippen molar-refractivity contribution in [3.8, 4) is 5.75 Å². The molecule has 0 saturated carbocycles. The van der Waals surface area contributed by atoms with Crippen molar-refractivity contribution in [1.29, 1.82) is 0 Å². The zero-order valence-corrected chi connectivity index (χ0v) is 12.9. The van der Waals surface area contributed by atoms with E-state index in [1.54, 1.807) is 11.3 Å². The first-order valence-corrected chi connectivity index (χ1v) is 7.95. The summed E-state index contributed by atoms with van der Waals surface area (Å²) in [5.74, 6) is 0.867. The second-order valence-corrected chi connectivity index (χ2v) is 5.91. The first kappa shape index (κ1) is 13.4. The Morgan fingerprint density at radius 3 is 2.95 bits per heavy atom. The Balaban J connectivity index is 1.96. The number of H-pyrrole nitrogens is 1. The van der Waals surface area contributed by atoms with Crippen LogP contribution in [0.25, 0.3) is 11.0 Å². The smallest absolute Gasteiger partial charge is 0.178 e. The second kappa shape index (κ2) is 5.81. The highest BCUT2D eigenvalue weighted by Gasteiger charge is 2.09. The summed E-state index contributed by atoms with van der Waals surface area (Å²) < 4.78 is 8.55. The van der Waals surface area contributed by atoms with E-state index in [0.717, 1.165) is 34.5 Å². The lowest BCUT2D eigenvalue weighted by atomic mass is 10.3. The lowest BCUT2D eigenvalue weighted by Gasteiger charge is -2.06. The summed E-state index contributed by atoms with van der Waals surface area (Å²) in [7, 11) is 0. The molecule has 0 aliphatic heterocycles. The van der Waals surface area contributed by atoms with Crippen LogP contribution < -0.4 is 4.74 Å². The molecule has 0 spiro atoms. The van der Waals surface area contributed by atoms with Gasteiger partial charge in [0.25, 0.3) is 0 Å². The summed E-state index contributed by atoms with van der Waals surface area (Å²) in [5.41, 5.74) is 2.10. The topological polar surface area (TPSA) is 29.9 Å². The normalized spacial score (nSPS) is 11.1. The van der Waals surface area contributed by atoms with Gasteiger partial charge in [-0.1, -0.05) is 12.1 Å². The van der Waals surface area contributed by atoms with Crippen molar-refractivity contribution in [3.63, 3.8) is 0 Å². The minimum atomic E-state index is 0.653. The molecule has 3 nitrogen and oxygen atoms in total. The first-order valence-electron chi connectivity index (χ1n) is 6.66. The van der Waals surface area contributed by atoms with E-state index in [2.05, 4.69) is 33.1 Å². The van der Waals surface area contributed by atoms with Gasteiger partial charge < -0.3 is 14.3 Å². The standard InChI is InChI=1S/C15H16N2OS2/c1-2-18-13-7-3-6-12-14(13)16-15(19)17(12)9-8-11-5-4-10-20-11/h3-7,10H,2,8-9H2,1H3,(H,16,19). The number of thiophene rings is 1. The minimum absolute atomic E-state index is 0.653. The van der Waals surface area contributed by atoms with Gasteiger partial charge >= 0.3 is 0 Å². The molecule has 0 atom stereocenters. The Morgan fingerprint density at radius 1 is 1.30 bits per heavy atom. The summed E-state index contributed by atoms with van der Waals surface area (Å²) in [6, 6.07) is 10.3. The van der Waals surface area contributed by atoms with Gasteiger partial charge in [-0.25, -0.2) is 0 Å². The molecule has 2 heterocycles. The molecule has 1 aromatic carbocycles. The number of para-hydroxylation sites is 1. The van der Waals surface area contributed by atoms with Crippen LogP contribution >= 0.6 is 23.6 Å². The van der Waals surface area contributed by atoms with Crippen LogP contribution in [0.3, 0.4) is 0 Å². The van der Waals surface area contributed by atoms with Gasteiger partial charge in [0.2, 0.25) is 0 Å². The number of aromatic nitrogens is 2. The predicted molar refractivity (Wildman–Crippen MR) is 86.3 cm³/mol. The van der Waals surface area contributed by atoms with Crippen molar-refractivity contribution in [2.75, 3.05) is 6.61 Å². The van der Waals surface area contributed by atoms with Gasteiger partial charge in [-0.05, 0) is 49.1 Å². The maximum absolute atomic E-state index is 5.65. The fourth-order valence-electron chi connectivity index (χ4n) is 2.33. The van der Waals surface area contributed by atoms with Gasteiger partial charge in [0.05, 0.1) is 12.1 Å². The highest BCUT2D eigenvalue weighted by molar-refractivity contribution is 7.71. The van der Waals surface area contributed by atoms with Crippen LogP contribution in [-0.2, 0) is 13.0 Å². The highest BCUT2D eigenvalue weighted by atomic mass is 32.1. The van der Waals surface area contributed by atoms with E-state index in [-0.39, 0.29) is 0 Å². The first-order chi connectivity index (χ1) is 9.79. The van der Waals surface area contributed by atoms with Crippen molar-refractivity contribution in [2.24, 2.45) is 0 Å². The quantitative estimate of drug-likeness (QED) is 0.708. The van der Waals surface area contributed by atoms with Crippen LogP contribution in [0.4, 0.5) is 0 Å². The van der Waals surface area contributed by atoms with E-state index in [9.17, 15) is 0 Å².